The van der Waals surface area contributed by atoms with Crippen LogP contribution in [-0.4, -0.2) is 11.9 Å². The minimum atomic E-state index is -1.31. The van der Waals surface area contributed by atoms with Crippen LogP contribution in [0.15, 0.2) is 12.1 Å². The number of hydrogen-bond donors (Lipinski definition) is 2. The van der Waals surface area contributed by atoms with Gasteiger partial charge in [-0.05, 0) is 5.41 Å². The molecule has 100 valence electrons. The van der Waals surface area contributed by atoms with Crippen LogP contribution >= 0.6 is 0 Å². The van der Waals surface area contributed by atoms with Crippen LogP contribution in [0.3, 0.4) is 0 Å². The highest BCUT2D eigenvalue weighted by molar-refractivity contribution is 5.95. The van der Waals surface area contributed by atoms with Crippen LogP contribution in [0.25, 0.3) is 0 Å². The molecule has 0 aromatic heterocycles. The normalized spacial score (nSPS) is 13.3. The number of benzene rings is 1. The fourth-order valence-corrected chi connectivity index (χ4v) is 1.22. The Morgan fingerprint density at radius 2 is 1.67 bits per heavy atom. The van der Waals surface area contributed by atoms with E-state index in [-0.39, 0.29) is 0 Å². The van der Waals surface area contributed by atoms with Crippen molar-refractivity contribution in [1.82, 2.24) is 0 Å². The molecule has 1 rings (SSSR count). The molecular weight excluding hydrogens is 245 g/mol. The number of carbonyl (C=O) groups is 1. The molecule has 0 aliphatic rings. The lowest BCUT2D eigenvalue weighted by atomic mass is 9.87. The number of halogens is 3. The highest BCUT2D eigenvalue weighted by Crippen LogP contribution is 2.21. The number of anilines is 1. The second-order valence-electron chi connectivity index (χ2n) is 5.08. The topological polar surface area (TPSA) is 55.1 Å². The van der Waals surface area contributed by atoms with Gasteiger partial charge in [0, 0.05) is 12.1 Å². The number of nitrogens with one attached hydrogen (secondary N) is 1. The molecule has 0 fully saturated rings. The van der Waals surface area contributed by atoms with Gasteiger partial charge in [0.25, 0.3) is 0 Å². The fraction of sp³-hybridized carbons (Fsp3) is 0.417. The lowest BCUT2D eigenvalue weighted by molar-refractivity contribution is -0.119. The number of rotatable bonds is 2. The Bertz CT molecular complexity index is 469. The van der Waals surface area contributed by atoms with E-state index in [1.54, 1.807) is 20.8 Å². The third-order valence-corrected chi connectivity index (χ3v) is 2.48. The summed E-state index contributed by atoms with van der Waals surface area (Å²) < 4.78 is 38.9. The van der Waals surface area contributed by atoms with E-state index in [4.69, 9.17) is 5.73 Å². The van der Waals surface area contributed by atoms with Gasteiger partial charge in [-0.2, -0.15) is 0 Å². The maximum absolute atomic E-state index is 13.3. The highest BCUT2D eigenvalue weighted by Gasteiger charge is 2.28. The molecule has 3 N–H and O–H groups in total. The van der Waals surface area contributed by atoms with E-state index in [9.17, 15) is 18.0 Å². The zero-order chi connectivity index (χ0) is 14.1. The largest absolute Gasteiger partial charge is 0.322 e. The van der Waals surface area contributed by atoms with Gasteiger partial charge in [0.1, 0.15) is 5.82 Å². The number of hydrogen-bond acceptors (Lipinski definition) is 2. The molecule has 6 heteroatoms. The van der Waals surface area contributed by atoms with Crippen molar-refractivity contribution in [2.75, 3.05) is 5.32 Å². The second kappa shape index (κ2) is 4.97. The van der Waals surface area contributed by atoms with Gasteiger partial charge in [0.2, 0.25) is 5.91 Å². The summed E-state index contributed by atoms with van der Waals surface area (Å²) >= 11 is 0. The number of amides is 1. The van der Waals surface area contributed by atoms with Crippen LogP contribution < -0.4 is 11.1 Å². The molecule has 0 saturated heterocycles. The molecule has 0 spiro atoms. The van der Waals surface area contributed by atoms with Gasteiger partial charge < -0.3 is 11.1 Å². The number of nitrogens with two attached hydrogens (primary N) is 1. The SMILES string of the molecule is CC(C)(C)[C@H](N)C(=O)Nc1cc(F)c(F)cc1F. The smallest absolute Gasteiger partial charge is 0.241 e. The molecule has 1 amide bonds. The average molecular weight is 260 g/mol. The lowest BCUT2D eigenvalue weighted by Crippen LogP contribution is -2.45. The van der Waals surface area contributed by atoms with Crippen molar-refractivity contribution < 1.29 is 18.0 Å². The van der Waals surface area contributed by atoms with Crippen molar-refractivity contribution in [3.8, 4) is 0 Å². The van der Waals surface area contributed by atoms with Crippen molar-refractivity contribution in [3.05, 3.63) is 29.6 Å². The first-order valence-electron chi connectivity index (χ1n) is 5.34. The first-order valence-corrected chi connectivity index (χ1v) is 5.34. The Labute approximate surface area is 103 Å². The maximum atomic E-state index is 13.3. The molecule has 0 unspecified atom stereocenters. The number of carbonyl (C=O) groups excluding carboxylic acids is 1. The molecule has 0 aliphatic carbocycles. The summed E-state index contributed by atoms with van der Waals surface area (Å²) in [6.45, 7) is 5.20. The third-order valence-electron chi connectivity index (χ3n) is 2.48. The quantitative estimate of drug-likeness (QED) is 0.802. The minimum Gasteiger partial charge on any atom is -0.322 e. The third kappa shape index (κ3) is 3.22. The molecule has 0 saturated carbocycles. The molecule has 0 bridgehead atoms. The molecule has 1 aromatic rings. The van der Waals surface area contributed by atoms with E-state index in [1.807, 2.05) is 0 Å². The van der Waals surface area contributed by atoms with E-state index in [1.165, 1.54) is 0 Å². The average Bonchev–Trinajstić information content (AvgIpc) is 2.23. The molecular formula is C12H15F3N2O. The van der Waals surface area contributed by atoms with Gasteiger partial charge in [-0.15, -0.1) is 0 Å². The van der Waals surface area contributed by atoms with Crippen LogP contribution in [-0.2, 0) is 4.79 Å². The summed E-state index contributed by atoms with van der Waals surface area (Å²) in [5.41, 5.74) is 4.70. The zero-order valence-corrected chi connectivity index (χ0v) is 10.4. The molecule has 0 heterocycles. The first-order chi connectivity index (χ1) is 8.12. The summed E-state index contributed by atoms with van der Waals surface area (Å²) in [4.78, 5) is 11.7. The van der Waals surface area contributed by atoms with Crippen molar-refractivity contribution in [3.63, 3.8) is 0 Å². The van der Waals surface area contributed by atoms with Gasteiger partial charge in [-0.3, -0.25) is 4.79 Å². The van der Waals surface area contributed by atoms with Gasteiger partial charge in [0.15, 0.2) is 11.6 Å². The Kier molecular flexibility index (Phi) is 4.01. The predicted octanol–water partition coefficient (Wildman–Crippen LogP) is 2.42. The standard InChI is InChI=1S/C12H15F3N2O/c1-12(2,3)10(16)11(18)17-9-5-7(14)6(13)4-8(9)15/h4-5,10H,16H2,1-3H3,(H,17,18)/t10-/m1/s1. The minimum absolute atomic E-state index is 0.369. The van der Waals surface area contributed by atoms with Crippen molar-refractivity contribution in [2.45, 2.75) is 26.8 Å². The summed E-state index contributed by atoms with van der Waals surface area (Å²) in [5, 5.41) is 2.14. The van der Waals surface area contributed by atoms with E-state index in [2.05, 4.69) is 5.32 Å². The predicted molar refractivity (Wildman–Crippen MR) is 62.4 cm³/mol. The summed E-state index contributed by atoms with van der Waals surface area (Å²) in [6.07, 6.45) is 0. The van der Waals surface area contributed by atoms with E-state index < -0.39 is 40.5 Å². The summed E-state index contributed by atoms with van der Waals surface area (Å²) in [5.74, 6) is -4.27. The summed E-state index contributed by atoms with van der Waals surface area (Å²) in [7, 11) is 0. The van der Waals surface area contributed by atoms with Crippen LogP contribution in [0.5, 0.6) is 0 Å². The van der Waals surface area contributed by atoms with Crippen molar-refractivity contribution >= 4 is 11.6 Å². The molecule has 0 radical (unpaired) electrons. The van der Waals surface area contributed by atoms with E-state index in [0.29, 0.717) is 12.1 Å². The van der Waals surface area contributed by atoms with Crippen LogP contribution in [0.2, 0.25) is 0 Å². The molecule has 1 atom stereocenters. The van der Waals surface area contributed by atoms with E-state index >= 15 is 0 Å². The van der Waals surface area contributed by atoms with Crippen LogP contribution in [0.4, 0.5) is 18.9 Å². The van der Waals surface area contributed by atoms with Crippen LogP contribution in [0.1, 0.15) is 20.8 Å². The Hall–Kier alpha value is -1.56. The monoisotopic (exact) mass is 260 g/mol. The lowest BCUT2D eigenvalue weighted by Gasteiger charge is -2.25. The Balaban J connectivity index is 2.92. The van der Waals surface area contributed by atoms with E-state index in [0.717, 1.165) is 0 Å². The van der Waals surface area contributed by atoms with Gasteiger partial charge in [-0.25, -0.2) is 13.2 Å². The zero-order valence-electron chi connectivity index (χ0n) is 10.4. The fourth-order valence-electron chi connectivity index (χ4n) is 1.22. The molecule has 18 heavy (non-hydrogen) atoms. The first kappa shape index (κ1) is 14.5. The van der Waals surface area contributed by atoms with Gasteiger partial charge >= 0.3 is 0 Å². The van der Waals surface area contributed by atoms with Crippen LogP contribution in [0, 0.1) is 22.9 Å². The van der Waals surface area contributed by atoms with Crippen molar-refractivity contribution in [2.24, 2.45) is 11.1 Å². The molecule has 3 nitrogen and oxygen atoms in total. The Morgan fingerprint density at radius 3 is 2.17 bits per heavy atom. The molecule has 0 aliphatic heterocycles. The van der Waals surface area contributed by atoms with Gasteiger partial charge in [0.05, 0.1) is 11.7 Å². The van der Waals surface area contributed by atoms with Crippen molar-refractivity contribution in [1.29, 1.82) is 0 Å². The maximum Gasteiger partial charge on any atom is 0.241 e. The Morgan fingerprint density at radius 1 is 1.17 bits per heavy atom. The second-order valence-corrected chi connectivity index (χ2v) is 5.08. The summed E-state index contributed by atoms with van der Waals surface area (Å²) in [6, 6.07) is 0.0518. The molecule has 1 aromatic carbocycles. The van der Waals surface area contributed by atoms with Gasteiger partial charge in [-0.1, -0.05) is 20.8 Å². The highest BCUT2D eigenvalue weighted by atomic mass is 19.2.